The third kappa shape index (κ3) is 4.89. The molecule has 6 unspecified atom stereocenters. The predicted molar refractivity (Wildman–Crippen MR) is 205 cm³/mol. The second-order valence-electron chi connectivity index (χ2n) is 16.5. The fourth-order valence-electron chi connectivity index (χ4n) is 10.9. The molecule has 5 saturated carbocycles. The number of allylic oxidation sites excluding steroid dienone is 4. The molecule has 0 radical (unpaired) electrons. The molecule has 9 aliphatic rings. The lowest BCUT2D eigenvalue weighted by Crippen LogP contribution is -2.44. The van der Waals surface area contributed by atoms with Gasteiger partial charge in [-0.1, -0.05) is 56.4 Å². The maximum atomic E-state index is 13.3. The highest BCUT2D eigenvalue weighted by atomic mass is 32.1. The smallest absolute Gasteiger partial charge is 0.188 e. The van der Waals surface area contributed by atoms with Crippen molar-refractivity contribution in [2.45, 2.75) is 89.1 Å². The van der Waals surface area contributed by atoms with Crippen LogP contribution in [0.25, 0.3) is 11.1 Å². The molecule has 1 spiro atoms. The van der Waals surface area contributed by atoms with Crippen molar-refractivity contribution in [3.05, 3.63) is 57.3 Å². The van der Waals surface area contributed by atoms with Crippen molar-refractivity contribution in [2.75, 3.05) is 6.61 Å². The summed E-state index contributed by atoms with van der Waals surface area (Å²) in [5.74, 6) is 0.707. The van der Waals surface area contributed by atoms with Gasteiger partial charge in [0.2, 0.25) is 0 Å². The minimum atomic E-state index is -0.422. The molecule has 4 heterocycles. The van der Waals surface area contributed by atoms with E-state index in [2.05, 4.69) is 29.3 Å². The highest BCUT2D eigenvalue weighted by molar-refractivity contribution is 7.17. The zero-order chi connectivity index (χ0) is 35.6. The molecule has 6 atom stereocenters. The molecule has 5 fully saturated rings. The summed E-state index contributed by atoms with van der Waals surface area (Å²) in [7, 11) is 0. The van der Waals surface area contributed by atoms with Gasteiger partial charge in [-0.15, -0.1) is 22.7 Å². The molecule has 8 nitrogen and oxygen atoms in total. The van der Waals surface area contributed by atoms with Crippen LogP contribution in [0.3, 0.4) is 0 Å². The lowest BCUT2D eigenvalue weighted by atomic mass is 9.68. The number of thiophene rings is 2. The van der Waals surface area contributed by atoms with Gasteiger partial charge in [-0.2, -0.15) is 0 Å². The first-order chi connectivity index (χ1) is 25.8. The largest absolute Gasteiger partial charge is 0.487 e. The van der Waals surface area contributed by atoms with E-state index in [0.717, 1.165) is 109 Å². The van der Waals surface area contributed by atoms with Crippen molar-refractivity contribution in [3.63, 3.8) is 0 Å². The van der Waals surface area contributed by atoms with Gasteiger partial charge in [-0.3, -0.25) is 19.2 Å². The SMILES string of the molecule is O=C1C(=Nc2cc3c(s2)C2=CC4C=C5C(=CC4C=C2CO3)c2sc(N=C3C(=O)C4CCCCC4C3=O)cc2OC52CCCCC2)C(=O)C2CCCCC12. The van der Waals surface area contributed by atoms with E-state index in [4.69, 9.17) is 14.5 Å². The first-order valence-corrected chi connectivity index (χ1v) is 21.3. The Morgan fingerprint density at radius 1 is 0.585 bits per heavy atom. The molecular formula is C43H40N2O6S2. The quantitative estimate of drug-likeness (QED) is 0.304. The fraction of sp³-hybridized carbons (Fsp3) is 0.488. The summed E-state index contributed by atoms with van der Waals surface area (Å²) in [4.78, 5) is 64.5. The monoisotopic (exact) mass is 744 g/mol. The molecular weight excluding hydrogens is 705 g/mol. The van der Waals surface area contributed by atoms with Crippen LogP contribution < -0.4 is 9.47 Å². The second kappa shape index (κ2) is 12.0. The summed E-state index contributed by atoms with van der Waals surface area (Å²) in [5, 5.41) is 1.31. The number of ether oxygens (including phenoxy) is 2. The topological polar surface area (TPSA) is 111 Å². The average Bonchev–Trinajstić information content (AvgIpc) is 3.91. The number of fused-ring (bicyclic) bond motifs is 10. The molecule has 2 aliphatic heterocycles. The standard InChI is InChI=1S/C43H40N2O6S2/c46-37-24-8-2-3-9-25(24)38(47)35(37)44-33-18-31-41(52-33)28-15-22-17-30-29(16-21(22)14-23(28)20-50-31)42-32(51-43(30)12-6-1-7-13-43)19-34(53-42)45-36-39(48)26-10-4-5-11-27(26)40(36)49/h14-19,21-22,24-27H,1-13,20H2. The Hall–Kier alpha value is -4.02. The minimum absolute atomic E-state index is 0.0751. The van der Waals surface area contributed by atoms with Crippen LogP contribution in [0.1, 0.15) is 93.2 Å². The van der Waals surface area contributed by atoms with Crippen LogP contribution in [0.15, 0.2) is 57.6 Å². The van der Waals surface area contributed by atoms with E-state index in [1.807, 2.05) is 12.1 Å². The third-order valence-corrected chi connectivity index (χ3v) is 15.6. The van der Waals surface area contributed by atoms with E-state index in [9.17, 15) is 19.2 Å². The Bertz CT molecular complexity index is 2180. The van der Waals surface area contributed by atoms with Crippen LogP contribution in [0.4, 0.5) is 10.0 Å². The highest BCUT2D eigenvalue weighted by Gasteiger charge is 2.50. The molecule has 11 rings (SSSR count). The number of aliphatic imine (C=N–C) groups is 2. The van der Waals surface area contributed by atoms with Crippen LogP contribution in [0, 0.1) is 35.5 Å². The molecule has 270 valence electrons. The fourth-order valence-corrected chi connectivity index (χ4v) is 12.9. The number of carbonyl (C=O) groups excluding carboxylic acids is 4. The summed E-state index contributed by atoms with van der Waals surface area (Å²) >= 11 is 3.02. The van der Waals surface area contributed by atoms with E-state index in [0.29, 0.717) is 16.6 Å². The van der Waals surface area contributed by atoms with Crippen molar-refractivity contribution in [1.82, 2.24) is 0 Å². The summed E-state index contributed by atoms with van der Waals surface area (Å²) < 4.78 is 13.3. The predicted octanol–water partition coefficient (Wildman–Crippen LogP) is 8.94. The highest BCUT2D eigenvalue weighted by Crippen LogP contribution is 2.58. The van der Waals surface area contributed by atoms with Gasteiger partial charge < -0.3 is 9.47 Å². The van der Waals surface area contributed by atoms with Crippen LogP contribution in [-0.4, -0.2) is 46.8 Å². The number of hydrogen-bond donors (Lipinski definition) is 0. The maximum Gasteiger partial charge on any atom is 0.188 e. The molecule has 2 aromatic heterocycles. The van der Waals surface area contributed by atoms with Gasteiger partial charge in [0.05, 0.1) is 9.75 Å². The van der Waals surface area contributed by atoms with Gasteiger partial charge >= 0.3 is 0 Å². The van der Waals surface area contributed by atoms with Gasteiger partial charge in [-0.25, -0.2) is 9.98 Å². The number of ketones is 4. The Morgan fingerprint density at radius 2 is 1.09 bits per heavy atom. The van der Waals surface area contributed by atoms with E-state index in [1.54, 1.807) is 0 Å². The van der Waals surface area contributed by atoms with E-state index in [-0.39, 0.29) is 70.1 Å². The Balaban J connectivity index is 0.941. The zero-order valence-corrected chi connectivity index (χ0v) is 31.1. The Kier molecular flexibility index (Phi) is 7.33. The van der Waals surface area contributed by atoms with Gasteiger partial charge in [0.15, 0.2) is 34.6 Å². The van der Waals surface area contributed by atoms with Gasteiger partial charge in [0.25, 0.3) is 0 Å². The van der Waals surface area contributed by atoms with Gasteiger partial charge in [0, 0.05) is 53.2 Å². The van der Waals surface area contributed by atoms with Crippen molar-refractivity contribution in [3.8, 4) is 11.5 Å². The molecule has 0 bridgehead atoms. The van der Waals surface area contributed by atoms with Crippen molar-refractivity contribution in [1.29, 1.82) is 0 Å². The van der Waals surface area contributed by atoms with Crippen LogP contribution in [-0.2, 0) is 19.2 Å². The summed E-state index contributed by atoms with van der Waals surface area (Å²) in [6.07, 6.45) is 21.9. The zero-order valence-electron chi connectivity index (χ0n) is 29.5. The van der Waals surface area contributed by atoms with Crippen LogP contribution >= 0.6 is 22.7 Å². The third-order valence-electron chi connectivity index (χ3n) is 13.5. The molecule has 7 aliphatic carbocycles. The number of nitrogens with zero attached hydrogens (tertiary/aromatic N) is 2. The first kappa shape index (κ1) is 32.4. The number of rotatable bonds is 2. The second-order valence-corrected chi connectivity index (χ2v) is 18.5. The van der Waals surface area contributed by atoms with Crippen molar-refractivity contribution >= 4 is 78.4 Å². The molecule has 53 heavy (non-hydrogen) atoms. The summed E-state index contributed by atoms with van der Waals surface area (Å²) in [5.41, 5.74) is 4.54. The summed E-state index contributed by atoms with van der Waals surface area (Å²) in [6, 6.07) is 3.85. The number of carbonyl (C=O) groups is 4. The normalized spacial score (nSPS) is 32.1. The van der Waals surface area contributed by atoms with Gasteiger partial charge in [0.1, 0.15) is 33.7 Å². The average molecular weight is 745 g/mol. The van der Waals surface area contributed by atoms with E-state index < -0.39 is 5.60 Å². The van der Waals surface area contributed by atoms with Crippen LogP contribution in [0.5, 0.6) is 11.5 Å². The lowest BCUT2D eigenvalue weighted by molar-refractivity contribution is -0.120. The Labute approximate surface area is 315 Å². The number of hydrogen-bond acceptors (Lipinski definition) is 10. The number of Topliss-reactive ketones (excluding diaryl/α,β-unsaturated/α-hetero) is 4. The summed E-state index contributed by atoms with van der Waals surface area (Å²) in [6.45, 7) is 0.444. The molecule has 10 heteroatoms. The minimum Gasteiger partial charge on any atom is -0.487 e. The molecule has 0 N–H and O–H groups in total. The van der Waals surface area contributed by atoms with E-state index >= 15 is 0 Å². The first-order valence-electron chi connectivity index (χ1n) is 19.7. The maximum absolute atomic E-state index is 13.3. The van der Waals surface area contributed by atoms with Crippen molar-refractivity contribution < 1.29 is 28.7 Å². The molecule has 0 saturated heterocycles. The van der Waals surface area contributed by atoms with E-state index in [1.165, 1.54) is 40.2 Å². The van der Waals surface area contributed by atoms with Gasteiger partial charge in [-0.05, 0) is 68.1 Å². The lowest BCUT2D eigenvalue weighted by Gasteiger charge is -2.46. The van der Waals surface area contributed by atoms with Crippen LogP contribution in [0.2, 0.25) is 0 Å². The Morgan fingerprint density at radius 3 is 1.68 bits per heavy atom. The molecule has 0 amide bonds. The molecule has 2 aromatic rings. The van der Waals surface area contributed by atoms with Crippen molar-refractivity contribution in [2.24, 2.45) is 45.5 Å². The molecule has 0 aromatic carbocycles.